The fraction of sp³-hybridized carbons (Fsp3) is 0.357. The number of hydrogen-bond donors (Lipinski definition) is 1. The van der Waals surface area contributed by atoms with Gasteiger partial charge in [0, 0.05) is 11.6 Å². The third-order valence-corrected chi connectivity index (χ3v) is 3.20. The lowest BCUT2D eigenvalue weighted by atomic mass is 10.1. The van der Waals surface area contributed by atoms with Gasteiger partial charge in [0.1, 0.15) is 6.10 Å². The number of nitrogens with one attached hydrogen (secondary N) is 1. The Labute approximate surface area is 101 Å². The molecule has 0 aliphatic carbocycles. The second kappa shape index (κ2) is 4.72. The third-order valence-electron chi connectivity index (χ3n) is 3.20. The molecule has 88 valence electrons. The second-order valence-electron chi connectivity index (χ2n) is 4.40. The fourth-order valence-electron chi connectivity index (χ4n) is 2.26. The van der Waals surface area contributed by atoms with Gasteiger partial charge in [-0.05, 0) is 43.5 Å². The minimum Gasteiger partial charge on any atom is -0.474 e. The number of ether oxygens (including phenoxy) is 1. The smallest absolute Gasteiger partial charge is 0.221 e. The van der Waals surface area contributed by atoms with Gasteiger partial charge in [0.15, 0.2) is 0 Å². The van der Waals surface area contributed by atoms with E-state index in [0.29, 0.717) is 6.10 Å². The molecule has 1 aliphatic rings. The number of benzene rings is 1. The van der Waals surface area contributed by atoms with Crippen LogP contribution in [0.4, 0.5) is 0 Å². The molecule has 3 heteroatoms. The predicted octanol–water partition coefficient (Wildman–Crippen LogP) is 2.37. The number of hydrogen-bond acceptors (Lipinski definition) is 3. The number of nitrogens with zero attached hydrogens (tertiary/aromatic N) is 1. The topological polar surface area (TPSA) is 34.1 Å². The molecule has 0 amide bonds. The van der Waals surface area contributed by atoms with E-state index in [9.17, 15) is 0 Å². The summed E-state index contributed by atoms with van der Waals surface area (Å²) in [6, 6.07) is 10.2. The van der Waals surface area contributed by atoms with Gasteiger partial charge in [-0.3, -0.25) is 0 Å². The first-order valence-corrected chi connectivity index (χ1v) is 6.14. The highest BCUT2D eigenvalue weighted by atomic mass is 16.5. The zero-order chi connectivity index (χ0) is 11.5. The van der Waals surface area contributed by atoms with Crippen molar-refractivity contribution in [2.75, 3.05) is 13.1 Å². The molecule has 1 N–H and O–H groups in total. The lowest BCUT2D eigenvalue weighted by molar-refractivity contribution is 0.158. The van der Waals surface area contributed by atoms with Crippen molar-refractivity contribution >= 4 is 10.8 Å². The second-order valence-corrected chi connectivity index (χ2v) is 4.40. The van der Waals surface area contributed by atoms with Gasteiger partial charge in [-0.1, -0.05) is 18.2 Å². The van der Waals surface area contributed by atoms with E-state index in [1.807, 2.05) is 24.4 Å². The molecule has 1 aliphatic heterocycles. The van der Waals surface area contributed by atoms with E-state index in [-0.39, 0.29) is 0 Å². The van der Waals surface area contributed by atoms with Crippen molar-refractivity contribution in [1.82, 2.24) is 10.3 Å². The van der Waals surface area contributed by atoms with E-state index in [1.165, 1.54) is 5.39 Å². The monoisotopic (exact) mass is 228 g/mol. The van der Waals surface area contributed by atoms with Gasteiger partial charge in [0.25, 0.3) is 0 Å². The van der Waals surface area contributed by atoms with Crippen LogP contribution in [0.3, 0.4) is 0 Å². The molecule has 17 heavy (non-hydrogen) atoms. The number of piperidine rings is 1. The summed E-state index contributed by atoms with van der Waals surface area (Å²) in [6.45, 7) is 2.07. The van der Waals surface area contributed by atoms with Crippen LogP contribution in [0.2, 0.25) is 0 Å². The van der Waals surface area contributed by atoms with Crippen LogP contribution in [-0.2, 0) is 0 Å². The van der Waals surface area contributed by atoms with Crippen LogP contribution in [0.25, 0.3) is 10.8 Å². The molecule has 0 radical (unpaired) electrons. The SMILES string of the molecule is c1ccc2c(OC3CCNCC3)nccc2c1. The van der Waals surface area contributed by atoms with Crippen molar-refractivity contribution in [3.05, 3.63) is 36.5 Å². The molecular formula is C14H16N2O. The Bertz CT molecular complexity index is 501. The van der Waals surface area contributed by atoms with Crippen molar-refractivity contribution < 1.29 is 4.74 Å². The summed E-state index contributed by atoms with van der Waals surface area (Å²) >= 11 is 0. The first kappa shape index (κ1) is 10.5. The fourth-order valence-corrected chi connectivity index (χ4v) is 2.26. The van der Waals surface area contributed by atoms with E-state index >= 15 is 0 Å². The predicted molar refractivity (Wildman–Crippen MR) is 68.3 cm³/mol. The molecule has 3 nitrogen and oxygen atoms in total. The molecule has 0 saturated carbocycles. The molecule has 3 rings (SSSR count). The Kier molecular flexibility index (Phi) is 2.92. The highest BCUT2D eigenvalue weighted by Crippen LogP contribution is 2.24. The summed E-state index contributed by atoms with van der Waals surface area (Å²) in [4.78, 5) is 4.36. The zero-order valence-corrected chi connectivity index (χ0v) is 9.73. The average molecular weight is 228 g/mol. The summed E-state index contributed by atoms with van der Waals surface area (Å²) in [5, 5.41) is 5.63. The van der Waals surface area contributed by atoms with Crippen LogP contribution in [0.5, 0.6) is 5.88 Å². The molecule has 1 aromatic carbocycles. The number of fused-ring (bicyclic) bond motifs is 1. The lowest BCUT2D eigenvalue weighted by Crippen LogP contribution is -2.34. The Morgan fingerprint density at radius 1 is 1.12 bits per heavy atom. The van der Waals surface area contributed by atoms with Crippen LogP contribution >= 0.6 is 0 Å². The maximum absolute atomic E-state index is 6.02. The van der Waals surface area contributed by atoms with Gasteiger partial charge in [0.05, 0.1) is 0 Å². The van der Waals surface area contributed by atoms with Crippen LogP contribution in [0.15, 0.2) is 36.5 Å². The number of pyridine rings is 1. The third kappa shape index (κ3) is 2.24. The molecular weight excluding hydrogens is 212 g/mol. The highest BCUT2D eigenvalue weighted by molar-refractivity contribution is 5.86. The Morgan fingerprint density at radius 3 is 2.82 bits per heavy atom. The summed E-state index contributed by atoms with van der Waals surface area (Å²) < 4.78 is 6.02. The summed E-state index contributed by atoms with van der Waals surface area (Å²) in [7, 11) is 0. The molecule has 2 aromatic rings. The first-order valence-electron chi connectivity index (χ1n) is 6.14. The van der Waals surface area contributed by atoms with E-state index in [2.05, 4.69) is 22.4 Å². The zero-order valence-electron chi connectivity index (χ0n) is 9.73. The van der Waals surface area contributed by atoms with Crippen molar-refractivity contribution in [2.45, 2.75) is 18.9 Å². The Morgan fingerprint density at radius 2 is 1.94 bits per heavy atom. The molecule has 0 unspecified atom stereocenters. The summed E-state index contributed by atoms with van der Waals surface area (Å²) in [6.07, 6.45) is 4.24. The summed E-state index contributed by atoms with van der Waals surface area (Å²) in [5.41, 5.74) is 0. The number of rotatable bonds is 2. The summed E-state index contributed by atoms with van der Waals surface area (Å²) in [5.74, 6) is 0.773. The van der Waals surface area contributed by atoms with E-state index in [0.717, 1.165) is 37.2 Å². The first-order chi connectivity index (χ1) is 8.43. The van der Waals surface area contributed by atoms with Gasteiger partial charge in [-0.2, -0.15) is 0 Å². The number of aromatic nitrogens is 1. The lowest BCUT2D eigenvalue weighted by Gasteiger charge is -2.23. The van der Waals surface area contributed by atoms with Crippen LogP contribution < -0.4 is 10.1 Å². The van der Waals surface area contributed by atoms with Gasteiger partial charge in [-0.25, -0.2) is 4.98 Å². The molecule has 1 fully saturated rings. The standard InChI is InChI=1S/C14H16N2O/c1-2-4-13-11(3-1)5-10-16-14(13)17-12-6-8-15-9-7-12/h1-5,10,12,15H,6-9H2. The molecule has 1 saturated heterocycles. The maximum Gasteiger partial charge on any atom is 0.221 e. The minimum absolute atomic E-state index is 0.301. The van der Waals surface area contributed by atoms with Crippen molar-refractivity contribution in [2.24, 2.45) is 0 Å². The van der Waals surface area contributed by atoms with Crippen molar-refractivity contribution in [1.29, 1.82) is 0 Å². The minimum atomic E-state index is 0.301. The average Bonchev–Trinajstić information content (AvgIpc) is 2.40. The molecule has 1 aromatic heterocycles. The molecule has 0 spiro atoms. The molecule has 0 bridgehead atoms. The van der Waals surface area contributed by atoms with Gasteiger partial charge >= 0.3 is 0 Å². The van der Waals surface area contributed by atoms with Crippen molar-refractivity contribution in [3.63, 3.8) is 0 Å². The normalized spacial score (nSPS) is 17.2. The largest absolute Gasteiger partial charge is 0.474 e. The van der Waals surface area contributed by atoms with Crippen LogP contribution in [0, 0.1) is 0 Å². The molecule has 0 atom stereocenters. The Hall–Kier alpha value is -1.61. The van der Waals surface area contributed by atoms with Gasteiger partial charge < -0.3 is 10.1 Å². The van der Waals surface area contributed by atoms with Gasteiger partial charge in [-0.15, -0.1) is 0 Å². The van der Waals surface area contributed by atoms with Crippen LogP contribution in [0.1, 0.15) is 12.8 Å². The Balaban J connectivity index is 1.89. The highest BCUT2D eigenvalue weighted by Gasteiger charge is 2.15. The van der Waals surface area contributed by atoms with E-state index in [4.69, 9.17) is 4.74 Å². The quantitative estimate of drug-likeness (QED) is 0.856. The maximum atomic E-state index is 6.02. The molecule has 2 heterocycles. The van der Waals surface area contributed by atoms with Gasteiger partial charge in [0.2, 0.25) is 5.88 Å². The van der Waals surface area contributed by atoms with Crippen LogP contribution in [-0.4, -0.2) is 24.2 Å². The van der Waals surface area contributed by atoms with E-state index in [1.54, 1.807) is 0 Å². The van der Waals surface area contributed by atoms with E-state index < -0.39 is 0 Å². The van der Waals surface area contributed by atoms with Crippen molar-refractivity contribution in [3.8, 4) is 5.88 Å².